The number of rotatable bonds is 2. The van der Waals surface area contributed by atoms with Gasteiger partial charge in [-0.3, -0.25) is 4.79 Å². The smallest absolute Gasteiger partial charge is 0.389 e. The van der Waals surface area contributed by atoms with Crippen LogP contribution in [0.25, 0.3) is 0 Å². The van der Waals surface area contributed by atoms with Gasteiger partial charge < -0.3 is 4.74 Å². The maximum atomic E-state index is 11.5. The first-order chi connectivity index (χ1) is 5.04. The van der Waals surface area contributed by atoms with Gasteiger partial charge in [-0.2, -0.15) is 8.78 Å². The van der Waals surface area contributed by atoms with Crippen LogP contribution in [0.4, 0.5) is 8.78 Å². The molecule has 1 aliphatic rings. The number of hydrogen-bond acceptors (Lipinski definition) is 2. The first kappa shape index (κ1) is 8.43. The van der Waals surface area contributed by atoms with Gasteiger partial charge in [-0.1, -0.05) is 6.42 Å². The van der Waals surface area contributed by atoms with Crippen LogP contribution in [0.3, 0.4) is 0 Å². The van der Waals surface area contributed by atoms with E-state index < -0.39 is 18.0 Å². The lowest BCUT2D eigenvalue weighted by atomic mass is 9.70. The standard InChI is InChI=1S/C7H10F2O2/c1-7(3-2-4-7)5(10)11-6(8)9/h6H,2-4H2,1H3. The second-order valence-corrected chi connectivity index (χ2v) is 3.08. The summed E-state index contributed by atoms with van der Waals surface area (Å²) in [6.45, 7) is -1.32. The summed E-state index contributed by atoms with van der Waals surface area (Å²) < 4.78 is 26.9. The number of carbonyl (C=O) groups excluding carboxylic acids is 1. The molecule has 64 valence electrons. The second-order valence-electron chi connectivity index (χ2n) is 3.08. The summed E-state index contributed by atoms with van der Waals surface area (Å²) in [6, 6.07) is 0. The van der Waals surface area contributed by atoms with Crippen LogP contribution >= 0.6 is 0 Å². The predicted molar refractivity (Wildman–Crippen MR) is 34.1 cm³/mol. The summed E-state index contributed by atoms with van der Waals surface area (Å²) in [5.74, 6) is -0.765. The van der Waals surface area contributed by atoms with Crippen molar-refractivity contribution in [1.82, 2.24) is 0 Å². The van der Waals surface area contributed by atoms with Gasteiger partial charge in [0.05, 0.1) is 5.41 Å². The van der Waals surface area contributed by atoms with Crippen LogP contribution in [0.2, 0.25) is 0 Å². The molecule has 0 saturated heterocycles. The molecule has 0 aromatic heterocycles. The van der Waals surface area contributed by atoms with Crippen molar-refractivity contribution in [3.05, 3.63) is 0 Å². The fraction of sp³-hybridized carbons (Fsp3) is 0.857. The molecule has 2 nitrogen and oxygen atoms in total. The Morgan fingerprint density at radius 2 is 2.09 bits per heavy atom. The number of esters is 1. The predicted octanol–water partition coefficient (Wildman–Crippen LogP) is 1.94. The van der Waals surface area contributed by atoms with Gasteiger partial charge in [0.2, 0.25) is 0 Å². The summed E-state index contributed by atoms with van der Waals surface area (Å²) in [4.78, 5) is 10.9. The van der Waals surface area contributed by atoms with Crippen molar-refractivity contribution in [2.75, 3.05) is 0 Å². The number of alkyl halides is 2. The monoisotopic (exact) mass is 164 g/mol. The second kappa shape index (κ2) is 2.75. The quantitative estimate of drug-likeness (QED) is 0.583. The highest BCUT2D eigenvalue weighted by Gasteiger charge is 2.41. The topological polar surface area (TPSA) is 26.3 Å². The zero-order chi connectivity index (χ0) is 8.48. The fourth-order valence-electron chi connectivity index (χ4n) is 1.13. The van der Waals surface area contributed by atoms with E-state index in [4.69, 9.17) is 0 Å². The Balaban J connectivity index is 2.40. The molecule has 0 bridgehead atoms. The van der Waals surface area contributed by atoms with Gasteiger partial charge >= 0.3 is 12.6 Å². The van der Waals surface area contributed by atoms with E-state index in [0.29, 0.717) is 12.8 Å². The average Bonchev–Trinajstić information content (AvgIpc) is 1.81. The van der Waals surface area contributed by atoms with Crippen molar-refractivity contribution >= 4 is 5.97 Å². The van der Waals surface area contributed by atoms with Crippen LogP contribution in [0, 0.1) is 5.41 Å². The highest BCUT2D eigenvalue weighted by atomic mass is 19.3. The minimum atomic E-state index is -2.97. The Kier molecular flexibility index (Phi) is 2.11. The van der Waals surface area contributed by atoms with E-state index in [1.54, 1.807) is 6.92 Å². The van der Waals surface area contributed by atoms with E-state index in [1.165, 1.54) is 0 Å². The van der Waals surface area contributed by atoms with E-state index in [2.05, 4.69) is 4.74 Å². The van der Waals surface area contributed by atoms with Crippen LogP contribution in [0.15, 0.2) is 0 Å². The van der Waals surface area contributed by atoms with Gasteiger partial charge in [0.25, 0.3) is 0 Å². The fourth-order valence-corrected chi connectivity index (χ4v) is 1.13. The maximum absolute atomic E-state index is 11.5. The van der Waals surface area contributed by atoms with E-state index in [-0.39, 0.29) is 0 Å². The van der Waals surface area contributed by atoms with Crippen molar-refractivity contribution in [3.8, 4) is 0 Å². The maximum Gasteiger partial charge on any atom is 0.389 e. The van der Waals surface area contributed by atoms with Crippen LogP contribution in [0.5, 0.6) is 0 Å². The van der Waals surface area contributed by atoms with Gasteiger partial charge in [0.15, 0.2) is 0 Å². The van der Waals surface area contributed by atoms with Gasteiger partial charge in [0, 0.05) is 0 Å². The third-order valence-corrected chi connectivity index (χ3v) is 2.15. The molecule has 4 heteroatoms. The minimum Gasteiger partial charge on any atom is -0.403 e. The van der Waals surface area contributed by atoms with Crippen LogP contribution < -0.4 is 0 Å². The molecular formula is C7H10F2O2. The van der Waals surface area contributed by atoms with E-state index in [1.807, 2.05) is 0 Å². The zero-order valence-corrected chi connectivity index (χ0v) is 6.27. The zero-order valence-electron chi connectivity index (χ0n) is 6.27. The van der Waals surface area contributed by atoms with Crippen LogP contribution in [-0.4, -0.2) is 12.6 Å². The number of hydrogen-bond donors (Lipinski definition) is 0. The molecule has 0 aromatic carbocycles. The highest BCUT2D eigenvalue weighted by Crippen LogP contribution is 2.41. The highest BCUT2D eigenvalue weighted by molar-refractivity contribution is 5.77. The Morgan fingerprint density at radius 3 is 2.36 bits per heavy atom. The number of ether oxygens (including phenoxy) is 1. The SMILES string of the molecule is CC1(C(=O)OC(F)F)CCC1. The lowest BCUT2D eigenvalue weighted by molar-refractivity contribution is -0.192. The van der Waals surface area contributed by atoms with E-state index in [0.717, 1.165) is 6.42 Å². The molecule has 1 aliphatic carbocycles. The normalized spacial score (nSPS) is 21.1. The van der Waals surface area contributed by atoms with Gasteiger partial charge in [-0.15, -0.1) is 0 Å². The van der Waals surface area contributed by atoms with Crippen LogP contribution in [0.1, 0.15) is 26.2 Å². The van der Waals surface area contributed by atoms with E-state index in [9.17, 15) is 13.6 Å². The largest absolute Gasteiger partial charge is 0.403 e. The van der Waals surface area contributed by atoms with Crippen molar-refractivity contribution in [2.24, 2.45) is 5.41 Å². The molecule has 1 saturated carbocycles. The molecule has 0 amide bonds. The first-order valence-corrected chi connectivity index (χ1v) is 3.54. The Morgan fingerprint density at radius 1 is 1.55 bits per heavy atom. The number of halogens is 2. The van der Waals surface area contributed by atoms with Gasteiger partial charge in [-0.05, 0) is 19.8 Å². The third-order valence-electron chi connectivity index (χ3n) is 2.15. The van der Waals surface area contributed by atoms with Crippen LogP contribution in [-0.2, 0) is 9.53 Å². The minimum absolute atomic E-state index is 0.629. The van der Waals surface area contributed by atoms with Gasteiger partial charge in [0.1, 0.15) is 0 Å². The Labute approximate surface area is 63.5 Å². The Hall–Kier alpha value is -0.670. The molecule has 1 fully saturated rings. The molecule has 0 spiro atoms. The first-order valence-electron chi connectivity index (χ1n) is 3.54. The van der Waals surface area contributed by atoms with Crippen molar-refractivity contribution < 1.29 is 18.3 Å². The molecule has 0 aliphatic heterocycles. The average molecular weight is 164 g/mol. The molecule has 0 radical (unpaired) electrons. The number of carbonyl (C=O) groups is 1. The molecule has 0 atom stereocenters. The molecule has 0 heterocycles. The summed E-state index contributed by atoms with van der Waals surface area (Å²) >= 11 is 0. The molecule has 1 rings (SSSR count). The molecule has 0 aromatic rings. The summed E-state index contributed by atoms with van der Waals surface area (Å²) in [5, 5.41) is 0. The van der Waals surface area contributed by atoms with Crippen molar-refractivity contribution in [3.63, 3.8) is 0 Å². The van der Waals surface area contributed by atoms with Gasteiger partial charge in [-0.25, -0.2) is 0 Å². The van der Waals surface area contributed by atoms with E-state index >= 15 is 0 Å². The molecule has 0 unspecified atom stereocenters. The summed E-state index contributed by atoms with van der Waals surface area (Å²) in [5.41, 5.74) is -0.629. The molecule has 11 heavy (non-hydrogen) atoms. The van der Waals surface area contributed by atoms with Crippen molar-refractivity contribution in [1.29, 1.82) is 0 Å². The molecule has 0 N–H and O–H groups in total. The third kappa shape index (κ3) is 1.67. The Bertz CT molecular complexity index is 164. The lowest BCUT2D eigenvalue weighted by Crippen LogP contribution is -2.37. The summed E-state index contributed by atoms with van der Waals surface area (Å²) in [7, 11) is 0. The lowest BCUT2D eigenvalue weighted by Gasteiger charge is -2.35. The molecular weight excluding hydrogens is 154 g/mol. The van der Waals surface area contributed by atoms with Crippen molar-refractivity contribution in [2.45, 2.75) is 32.8 Å². The summed E-state index contributed by atoms with van der Waals surface area (Å²) in [6.07, 6.45) is 2.26.